The Hall–Kier alpha value is -1.10. The molecule has 5 nitrogen and oxygen atoms in total. The summed E-state index contributed by atoms with van der Waals surface area (Å²) < 4.78 is 0. The molecule has 5 heteroatoms. The number of hydrogen-bond donors (Lipinski definition) is 2. The summed E-state index contributed by atoms with van der Waals surface area (Å²) in [6.07, 6.45) is 3.12. The molecular formula is C13H24N2O3. The van der Waals surface area contributed by atoms with E-state index in [1.54, 1.807) is 4.90 Å². The van der Waals surface area contributed by atoms with Gasteiger partial charge in [-0.2, -0.15) is 0 Å². The van der Waals surface area contributed by atoms with Crippen LogP contribution in [0.4, 0.5) is 0 Å². The molecule has 18 heavy (non-hydrogen) atoms. The zero-order valence-electron chi connectivity index (χ0n) is 11.4. The van der Waals surface area contributed by atoms with Gasteiger partial charge in [0.25, 0.3) is 0 Å². The van der Waals surface area contributed by atoms with E-state index in [0.717, 1.165) is 12.8 Å². The van der Waals surface area contributed by atoms with E-state index in [-0.39, 0.29) is 30.4 Å². The number of aliphatic hydroxyl groups excluding tert-OH is 1. The zero-order chi connectivity index (χ0) is 13.6. The fraction of sp³-hybridized carbons (Fsp3) is 0.846. The summed E-state index contributed by atoms with van der Waals surface area (Å²) in [4.78, 5) is 24.9. The van der Waals surface area contributed by atoms with Crippen molar-refractivity contribution in [2.24, 2.45) is 5.41 Å². The lowest BCUT2D eigenvalue weighted by Crippen LogP contribution is -2.45. The van der Waals surface area contributed by atoms with Crippen LogP contribution in [-0.2, 0) is 9.59 Å². The zero-order valence-corrected chi connectivity index (χ0v) is 11.4. The molecule has 0 spiro atoms. The van der Waals surface area contributed by atoms with E-state index in [2.05, 4.69) is 5.32 Å². The van der Waals surface area contributed by atoms with Gasteiger partial charge in [-0.1, -0.05) is 13.8 Å². The Labute approximate surface area is 109 Å². The molecule has 1 rings (SSSR count). The van der Waals surface area contributed by atoms with Crippen LogP contribution in [-0.4, -0.2) is 48.1 Å². The lowest BCUT2D eigenvalue weighted by Gasteiger charge is -2.28. The van der Waals surface area contributed by atoms with Crippen LogP contribution in [0.5, 0.6) is 0 Å². The predicted octanol–water partition coefficient (Wildman–Crippen LogP) is 0.524. The quantitative estimate of drug-likeness (QED) is 0.728. The molecule has 2 N–H and O–H groups in total. The summed E-state index contributed by atoms with van der Waals surface area (Å²) in [6, 6.07) is 0. The maximum Gasteiger partial charge on any atom is 0.239 e. The van der Waals surface area contributed by atoms with E-state index in [4.69, 9.17) is 5.11 Å². The van der Waals surface area contributed by atoms with E-state index in [1.807, 2.05) is 13.8 Å². The van der Waals surface area contributed by atoms with Crippen LogP contribution in [0.25, 0.3) is 0 Å². The van der Waals surface area contributed by atoms with Gasteiger partial charge < -0.3 is 15.3 Å². The summed E-state index contributed by atoms with van der Waals surface area (Å²) in [5, 5.41) is 11.7. The summed E-state index contributed by atoms with van der Waals surface area (Å²) in [7, 11) is 0. The van der Waals surface area contributed by atoms with Crippen molar-refractivity contribution >= 4 is 11.8 Å². The average molecular weight is 256 g/mol. The molecule has 0 aromatic carbocycles. The van der Waals surface area contributed by atoms with Crippen molar-refractivity contribution in [1.29, 1.82) is 0 Å². The fourth-order valence-electron chi connectivity index (χ4n) is 1.99. The summed E-state index contributed by atoms with van der Waals surface area (Å²) in [6.45, 7) is 5.48. The lowest BCUT2D eigenvalue weighted by atomic mass is 9.90. The van der Waals surface area contributed by atoms with Gasteiger partial charge in [-0.3, -0.25) is 9.59 Å². The van der Waals surface area contributed by atoms with E-state index < -0.39 is 0 Å². The van der Waals surface area contributed by atoms with Crippen molar-refractivity contribution in [3.63, 3.8) is 0 Å². The molecule has 0 saturated carbocycles. The first-order valence-corrected chi connectivity index (χ1v) is 6.60. The third kappa shape index (κ3) is 5.04. The van der Waals surface area contributed by atoms with Gasteiger partial charge in [0.2, 0.25) is 11.8 Å². The van der Waals surface area contributed by atoms with Crippen molar-refractivity contribution in [2.75, 3.05) is 26.2 Å². The highest BCUT2D eigenvalue weighted by Gasteiger charge is 2.22. The smallest absolute Gasteiger partial charge is 0.239 e. The van der Waals surface area contributed by atoms with Crippen LogP contribution < -0.4 is 5.32 Å². The minimum atomic E-state index is -0.115. The summed E-state index contributed by atoms with van der Waals surface area (Å²) in [5.74, 6) is -0.0396. The molecule has 1 fully saturated rings. The first kappa shape index (κ1) is 15.0. The van der Waals surface area contributed by atoms with E-state index in [0.29, 0.717) is 25.9 Å². The van der Waals surface area contributed by atoms with Gasteiger partial charge >= 0.3 is 0 Å². The van der Waals surface area contributed by atoms with Crippen LogP contribution in [0.2, 0.25) is 0 Å². The molecule has 1 aliphatic rings. The van der Waals surface area contributed by atoms with E-state index >= 15 is 0 Å². The Bertz CT molecular complexity index is 303. The molecule has 0 unspecified atom stereocenters. The molecular weight excluding hydrogens is 232 g/mol. The average Bonchev–Trinajstić information content (AvgIpc) is 2.30. The number of nitrogens with zero attached hydrogens (tertiary/aromatic N) is 1. The fourth-order valence-corrected chi connectivity index (χ4v) is 1.99. The highest BCUT2D eigenvalue weighted by Crippen LogP contribution is 2.18. The normalized spacial score (nSPS) is 16.8. The van der Waals surface area contributed by atoms with Crippen molar-refractivity contribution < 1.29 is 14.7 Å². The highest BCUT2D eigenvalue weighted by atomic mass is 16.3. The topological polar surface area (TPSA) is 69.6 Å². The Morgan fingerprint density at radius 1 is 1.44 bits per heavy atom. The van der Waals surface area contributed by atoms with Gasteiger partial charge in [0.1, 0.15) is 0 Å². The maximum absolute atomic E-state index is 11.7. The predicted molar refractivity (Wildman–Crippen MR) is 68.9 cm³/mol. The third-order valence-corrected chi connectivity index (χ3v) is 3.31. The maximum atomic E-state index is 11.7. The number of carbonyl (C=O) groups is 2. The van der Waals surface area contributed by atoms with Gasteiger partial charge in [0.05, 0.1) is 6.54 Å². The van der Waals surface area contributed by atoms with Crippen LogP contribution in [0, 0.1) is 5.41 Å². The number of carbonyl (C=O) groups excluding carboxylic acids is 2. The minimum absolute atomic E-state index is 0.0750. The van der Waals surface area contributed by atoms with Crippen LogP contribution in [0.15, 0.2) is 0 Å². The number of hydrogen-bond acceptors (Lipinski definition) is 3. The van der Waals surface area contributed by atoms with Crippen LogP contribution in [0.3, 0.4) is 0 Å². The molecule has 1 saturated heterocycles. The number of nitrogens with one attached hydrogen (secondary N) is 1. The van der Waals surface area contributed by atoms with Gasteiger partial charge in [-0.15, -0.1) is 0 Å². The molecule has 0 aliphatic carbocycles. The second kappa shape index (κ2) is 6.73. The van der Waals surface area contributed by atoms with Gasteiger partial charge in [-0.05, 0) is 24.7 Å². The number of piperidine rings is 1. The Balaban J connectivity index is 2.30. The summed E-state index contributed by atoms with van der Waals surface area (Å²) in [5.41, 5.74) is -0.115. The van der Waals surface area contributed by atoms with Gasteiger partial charge in [0, 0.05) is 26.1 Å². The van der Waals surface area contributed by atoms with E-state index in [9.17, 15) is 9.59 Å². The molecule has 0 aromatic heterocycles. The van der Waals surface area contributed by atoms with Crippen molar-refractivity contribution in [2.45, 2.75) is 39.5 Å². The molecule has 1 heterocycles. The van der Waals surface area contributed by atoms with Crippen LogP contribution in [0.1, 0.15) is 39.5 Å². The standard InChI is InChI=1S/C13H24N2O3/c1-13(2,6-8-16)10-14-11(17)9-15-7-4-3-5-12(15)18/h16H,3-10H2,1-2H3,(H,14,17). The molecule has 104 valence electrons. The SMILES string of the molecule is CC(C)(CCO)CNC(=O)CN1CCCCC1=O. The van der Waals surface area contributed by atoms with Crippen molar-refractivity contribution in [1.82, 2.24) is 10.2 Å². The second-order valence-electron chi connectivity index (χ2n) is 5.69. The van der Waals surface area contributed by atoms with E-state index in [1.165, 1.54) is 0 Å². The monoisotopic (exact) mass is 256 g/mol. The molecule has 2 amide bonds. The molecule has 0 aromatic rings. The molecule has 0 bridgehead atoms. The third-order valence-electron chi connectivity index (χ3n) is 3.31. The number of likely N-dealkylation sites (tertiary alicyclic amines) is 1. The van der Waals surface area contributed by atoms with Gasteiger partial charge in [-0.25, -0.2) is 0 Å². The molecule has 1 aliphatic heterocycles. The molecule has 0 atom stereocenters. The largest absolute Gasteiger partial charge is 0.396 e. The number of amides is 2. The Morgan fingerprint density at radius 2 is 2.17 bits per heavy atom. The first-order chi connectivity index (χ1) is 8.44. The lowest BCUT2D eigenvalue weighted by molar-refractivity contribution is -0.137. The van der Waals surface area contributed by atoms with Crippen LogP contribution >= 0.6 is 0 Å². The molecule has 0 radical (unpaired) electrons. The minimum Gasteiger partial charge on any atom is -0.396 e. The second-order valence-corrected chi connectivity index (χ2v) is 5.69. The van der Waals surface area contributed by atoms with Crippen molar-refractivity contribution in [3.8, 4) is 0 Å². The highest BCUT2D eigenvalue weighted by molar-refractivity contribution is 5.85. The number of rotatable bonds is 6. The Morgan fingerprint density at radius 3 is 2.78 bits per heavy atom. The summed E-state index contributed by atoms with van der Waals surface area (Å²) >= 11 is 0. The van der Waals surface area contributed by atoms with Crippen molar-refractivity contribution in [3.05, 3.63) is 0 Å². The number of aliphatic hydroxyl groups is 1. The van der Waals surface area contributed by atoms with Gasteiger partial charge in [0.15, 0.2) is 0 Å². The first-order valence-electron chi connectivity index (χ1n) is 6.60. The Kier molecular flexibility index (Phi) is 5.59.